The molecule has 0 aliphatic carbocycles. The first-order valence-corrected chi connectivity index (χ1v) is 8.22. The van der Waals surface area contributed by atoms with Gasteiger partial charge in [-0.2, -0.15) is 11.3 Å². The summed E-state index contributed by atoms with van der Waals surface area (Å²) in [6.45, 7) is 5.65. The third-order valence-electron chi connectivity index (χ3n) is 3.52. The van der Waals surface area contributed by atoms with Crippen LogP contribution in [0.1, 0.15) is 25.3 Å². The van der Waals surface area contributed by atoms with Crippen LogP contribution >= 0.6 is 11.3 Å². The Morgan fingerprint density at radius 3 is 2.85 bits per heavy atom. The van der Waals surface area contributed by atoms with Crippen molar-refractivity contribution in [3.63, 3.8) is 0 Å². The molecule has 1 aliphatic heterocycles. The summed E-state index contributed by atoms with van der Waals surface area (Å²) in [6, 6.07) is 2.02. The van der Waals surface area contributed by atoms with E-state index in [1.807, 2.05) is 28.7 Å². The molecule has 2 rings (SSSR count). The van der Waals surface area contributed by atoms with Crippen molar-refractivity contribution in [3.05, 3.63) is 22.4 Å². The van der Waals surface area contributed by atoms with Crippen LogP contribution in [-0.4, -0.2) is 49.8 Å². The highest BCUT2D eigenvalue weighted by atomic mass is 32.1. The van der Waals surface area contributed by atoms with Gasteiger partial charge < -0.3 is 14.4 Å². The molecule has 1 aromatic rings. The number of thiophene rings is 1. The van der Waals surface area contributed by atoms with E-state index >= 15 is 0 Å². The quantitative estimate of drug-likeness (QED) is 0.725. The minimum absolute atomic E-state index is 0.233. The zero-order valence-electron chi connectivity index (χ0n) is 12.0. The summed E-state index contributed by atoms with van der Waals surface area (Å²) >= 11 is 1.64. The van der Waals surface area contributed by atoms with E-state index in [0.29, 0.717) is 19.6 Å². The second kappa shape index (κ2) is 8.39. The average Bonchev–Trinajstić information content (AvgIpc) is 2.97. The Morgan fingerprint density at radius 2 is 2.20 bits per heavy atom. The van der Waals surface area contributed by atoms with Crippen LogP contribution in [0.3, 0.4) is 0 Å². The van der Waals surface area contributed by atoms with Gasteiger partial charge in [0.2, 0.25) is 5.91 Å². The molecule has 2 heterocycles. The maximum atomic E-state index is 12.1. The van der Waals surface area contributed by atoms with E-state index in [2.05, 4.69) is 0 Å². The van der Waals surface area contributed by atoms with Crippen molar-refractivity contribution in [2.45, 2.75) is 32.3 Å². The fraction of sp³-hybridized carbons (Fsp3) is 0.667. The highest BCUT2D eigenvalue weighted by Crippen LogP contribution is 2.16. The van der Waals surface area contributed by atoms with Gasteiger partial charge in [-0.1, -0.05) is 0 Å². The molecule has 1 aromatic heterocycles. The SMILES string of the molecule is CCOCCOC1CCN(C(=O)Cc2ccsc2)CC1. The minimum Gasteiger partial charge on any atom is -0.379 e. The monoisotopic (exact) mass is 297 g/mol. The van der Waals surface area contributed by atoms with Crippen molar-refractivity contribution < 1.29 is 14.3 Å². The highest BCUT2D eigenvalue weighted by Gasteiger charge is 2.23. The molecule has 1 amide bonds. The van der Waals surface area contributed by atoms with Crippen molar-refractivity contribution >= 4 is 17.2 Å². The largest absolute Gasteiger partial charge is 0.379 e. The van der Waals surface area contributed by atoms with Gasteiger partial charge >= 0.3 is 0 Å². The van der Waals surface area contributed by atoms with Crippen LogP contribution in [0.5, 0.6) is 0 Å². The lowest BCUT2D eigenvalue weighted by Gasteiger charge is -2.32. The first-order valence-electron chi connectivity index (χ1n) is 7.27. The predicted molar refractivity (Wildman–Crippen MR) is 80.1 cm³/mol. The molecule has 0 bridgehead atoms. The first kappa shape index (κ1) is 15.5. The molecule has 0 spiro atoms. The fourth-order valence-electron chi connectivity index (χ4n) is 2.37. The van der Waals surface area contributed by atoms with Crippen LogP contribution in [-0.2, 0) is 20.7 Å². The van der Waals surface area contributed by atoms with Crippen molar-refractivity contribution in [1.82, 2.24) is 4.90 Å². The lowest BCUT2D eigenvalue weighted by Crippen LogP contribution is -2.41. The number of hydrogen-bond acceptors (Lipinski definition) is 4. The van der Waals surface area contributed by atoms with Crippen LogP contribution in [0.4, 0.5) is 0 Å². The molecule has 1 fully saturated rings. The highest BCUT2D eigenvalue weighted by molar-refractivity contribution is 7.07. The fourth-order valence-corrected chi connectivity index (χ4v) is 3.04. The van der Waals surface area contributed by atoms with Gasteiger partial charge in [-0.05, 0) is 42.2 Å². The molecule has 0 atom stereocenters. The van der Waals surface area contributed by atoms with Crippen molar-refractivity contribution in [3.8, 4) is 0 Å². The zero-order chi connectivity index (χ0) is 14.2. The molecule has 0 unspecified atom stereocenters. The van der Waals surface area contributed by atoms with Crippen LogP contribution < -0.4 is 0 Å². The summed E-state index contributed by atoms with van der Waals surface area (Å²) in [4.78, 5) is 14.1. The second-order valence-electron chi connectivity index (χ2n) is 4.96. The molecule has 0 saturated carbocycles. The van der Waals surface area contributed by atoms with E-state index in [1.165, 1.54) is 0 Å². The van der Waals surface area contributed by atoms with Crippen molar-refractivity contribution in [2.24, 2.45) is 0 Å². The van der Waals surface area contributed by atoms with Gasteiger partial charge in [-0.15, -0.1) is 0 Å². The van der Waals surface area contributed by atoms with Crippen molar-refractivity contribution in [2.75, 3.05) is 32.9 Å². The van der Waals surface area contributed by atoms with E-state index in [1.54, 1.807) is 11.3 Å². The number of likely N-dealkylation sites (tertiary alicyclic amines) is 1. The second-order valence-corrected chi connectivity index (χ2v) is 5.74. The lowest BCUT2D eigenvalue weighted by molar-refractivity contribution is -0.133. The number of amides is 1. The maximum Gasteiger partial charge on any atom is 0.227 e. The predicted octanol–water partition coefficient (Wildman–Crippen LogP) is 2.33. The Labute approximate surface area is 124 Å². The Hall–Kier alpha value is -0.910. The number of piperidine rings is 1. The Balaban J connectivity index is 1.64. The molecule has 0 radical (unpaired) electrons. The topological polar surface area (TPSA) is 38.8 Å². The Kier molecular flexibility index (Phi) is 6.50. The Bertz CT molecular complexity index is 386. The normalized spacial score (nSPS) is 16.6. The number of carbonyl (C=O) groups is 1. The van der Waals surface area contributed by atoms with Crippen LogP contribution in [0, 0.1) is 0 Å². The molecule has 0 aromatic carbocycles. The first-order chi connectivity index (χ1) is 9.79. The van der Waals surface area contributed by atoms with Gasteiger partial charge in [0.25, 0.3) is 0 Å². The molecular formula is C15H23NO3S. The van der Waals surface area contributed by atoms with Crippen LogP contribution in [0.25, 0.3) is 0 Å². The molecule has 112 valence electrons. The average molecular weight is 297 g/mol. The summed E-state index contributed by atoms with van der Waals surface area (Å²) in [5.74, 6) is 0.233. The van der Waals surface area contributed by atoms with E-state index < -0.39 is 0 Å². The minimum atomic E-state index is 0.233. The summed E-state index contributed by atoms with van der Waals surface area (Å²) in [7, 11) is 0. The zero-order valence-corrected chi connectivity index (χ0v) is 12.9. The van der Waals surface area contributed by atoms with Crippen LogP contribution in [0.15, 0.2) is 16.8 Å². The summed E-state index contributed by atoms with van der Waals surface area (Å²) in [5, 5.41) is 4.06. The van der Waals surface area contributed by atoms with E-state index in [4.69, 9.17) is 9.47 Å². The molecule has 1 aliphatic rings. The number of hydrogen-bond donors (Lipinski definition) is 0. The number of rotatable bonds is 7. The van der Waals surface area contributed by atoms with E-state index in [0.717, 1.165) is 38.1 Å². The van der Waals surface area contributed by atoms with Gasteiger partial charge in [-0.3, -0.25) is 4.79 Å². The lowest BCUT2D eigenvalue weighted by atomic mass is 10.1. The van der Waals surface area contributed by atoms with E-state index in [9.17, 15) is 4.79 Å². The van der Waals surface area contributed by atoms with Gasteiger partial charge in [0.1, 0.15) is 0 Å². The van der Waals surface area contributed by atoms with Crippen LogP contribution in [0.2, 0.25) is 0 Å². The number of ether oxygens (including phenoxy) is 2. The molecule has 1 saturated heterocycles. The third-order valence-corrected chi connectivity index (χ3v) is 4.25. The van der Waals surface area contributed by atoms with Gasteiger partial charge in [0.15, 0.2) is 0 Å². The summed E-state index contributed by atoms with van der Waals surface area (Å²) < 4.78 is 11.0. The molecule has 20 heavy (non-hydrogen) atoms. The smallest absolute Gasteiger partial charge is 0.227 e. The standard InChI is InChI=1S/C15H23NO3S/c1-2-18-8-9-19-14-3-6-16(7-4-14)15(17)11-13-5-10-20-12-13/h5,10,12,14H,2-4,6-9,11H2,1H3. The van der Waals surface area contributed by atoms with Gasteiger partial charge in [0.05, 0.1) is 25.7 Å². The molecular weight excluding hydrogens is 274 g/mol. The summed E-state index contributed by atoms with van der Waals surface area (Å²) in [6.07, 6.45) is 2.67. The molecule has 5 heteroatoms. The Morgan fingerprint density at radius 1 is 1.40 bits per heavy atom. The number of carbonyl (C=O) groups excluding carboxylic acids is 1. The number of nitrogens with zero attached hydrogens (tertiary/aromatic N) is 1. The van der Waals surface area contributed by atoms with Gasteiger partial charge in [0, 0.05) is 19.7 Å². The summed E-state index contributed by atoms with van der Waals surface area (Å²) in [5.41, 5.74) is 1.12. The van der Waals surface area contributed by atoms with Gasteiger partial charge in [-0.25, -0.2) is 0 Å². The van der Waals surface area contributed by atoms with E-state index in [-0.39, 0.29) is 12.0 Å². The third kappa shape index (κ3) is 4.89. The molecule has 0 N–H and O–H groups in total. The maximum absolute atomic E-state index is 12.1. The van der Waals surface area contributed by atoms with Crippen molar-refractivity contribution in [1.29, 1.82) is 0 Å². The molecule has 4 nitrogen and oxygen atoms in total.